The van der Waals surface area contributed by atoms with Crippen molar-refractivity contribution < 1.29 is 13.9 Å². The lowest BCUT2D eigenvalue weighted by Gasteiger charge is -2.33. The number of ether oxygens (including phenoxy) is 2. The van der Waals surface area contributed by atoms with Crippen LogP contribution in [0.25, 0.3) is 11.1 Å². The number of halogens is 2. The molecule has 134 valence electrons. The molecular formula is C19H12ClFN4O2. The molecule has 4 heterocycles. The summed E-state index contributed by atoms with van der Waals surface area (Å²) in [6.45, 7) is 0.110. The smallest absolute Gasteiger partial charge is 0.283 e. The summed E-state index contributed by atoms with van der Waals surface area (Å²) in [6.07, 6.45) is 3.46. The highest BCUT2D eigenvalue weighted by Crippen LogP contribution is 2.52. The Morgan fingerprint density at radius 1 is 1.15 bits per heavy atom. The molecule has 1 aromatic carbocycles. The molecule has 0 fully saturated rings. The van der Waals surface area contributed by atoms with Crippen LogP contribution in [0, 0.1) is 5.95 Å². The SMILES string of the molecule is NC1=NC2(CO1)c1cc(-c3cccnc3)ccc1Oc1c2cc(Cl)nc1F. The van der Waals surface area contributed by atoms with E-state index in [1.54, 1.807) is 18.5 Å². The van der Waals surface area contributed by atoms with Crippen molar-refractivity contribution in [3.05, 3.63) is 71.0 Å². The molecule has 1 atom stereocenters. The molecule has 1 unspecified atom stereocenters. The van der Waals surface area contributed by atoms with Crippen molar-refractivity contribution in [1.29, 1.82) is 0 Å². The van der Waals surface area contributed by atoms with E-state index >= 15 is 0 Å². The number of benzene rings is 1. The van der Waals surface area contributed by atoms with Crippen LogP contribution in [0.2, 0.25) is 5.15 Å². The Labute approximate surface area is 158 Å². The minimum absolute atomic E-state index is 0.00163. The molecule has 0 bridgehead atoms. The zero-order valence-electron chi connectivity index (χ0n) is 13.8. The summed E-state index contributed by atoms with van der Waals surface area (Å²) in [5.74, 6) is -0.372. The molecule has 0 radical (unpaired) electrons. The topological polar surface area (TPSA) is 82.6 Å². The van der Waals surface area contributed by atoms with Crippen molar-refractivity contribution in [1.82, 2.24) is 9.97 Å². The Hall–Kier alpha value is -3.19. The predicted octanol–water partition coefficient (Wildman–Crippen LogP) is 3.63. The zero-order valence-corrected chi connectivity index (χ0v) is 14.6. The number of amidine groups is 1. The van der Waals surface area contributed by atoms with E-state index in [1.165, 1.54) is 6.07 Å². The maximum absolute atomic E-state index is 14.5. The largest absolute Gasteiger partial charge is 0.462 e. The van der Waals surface area contributed by atoms with Crippen LogP contribution in [0.15, 0.2) is 53.8 Å². The minimum atomic E-state index is -1.06. The molecule has 5 rings (SSSR count). The van der Waals surface area contributed by atoms with Gasteiger partial charge in [-0.15, -0.1) is 0 Å². The van der Waals surface area contributed by atoms with E-state index in [1.807, 2.05) is 24.3 Å². The summed E-state index contributed by atoms with van der Waals surface area (Å²) < 4.78 is 25.7. The van der Waals surface area contributed by atoms with Gasteiger partial charge in [-0.05, 0) is 29.8 Å². The molecule has 6 nitrogen and oxygen atoms in total. The molecule has 2 N–H and O–H groups in total. The number of rotatable bonds is 1. The van der Waals surface area contributed by atoms with E-state index < -0.39 is 11.5 Å². The number of hydrogen-bond donors (Lipinski definition) is 1. The molecule has 8 heteroatoms. The standard InChI is InChI=1S/C19H12ClFN4O2/c20-15-7-13-16(17(21)24-15)27-14-4-3-10(11-2-1-5-23-8-11)6-12(14)19(13)9-26-18(22)25-19/h1-8H,9H2,(H2,22,25). The molecule has 0 saturated carbocycles. The second-order valence-electron chi connectivity index (χ2n) is 6.27. The number of aromatic nitrogens is 2. The van der Waals surface area contributed by atoms with Gasteiger partial charge in [-0.1, -0.05) is 23.7 Å². The van der Waals surface area contributed by atoms with E-state index in [-0.39, 0.29) is 23.5 Å². The summed E-state index contributed by atoms with van der Waals surface area (Å²) in [7, 11) is 0. The number of pyridine rings is 2. The van der Waals surface area contributed by atoms with Gasteiger partial charge in [0.1, 0.15) is 17.5 Å². The van der Waals surface area contributed by atoms with E-state index in [0.717, 1.165) is 11.1 Å². The molecule has 2 aliphatic rings. The average molecular weight is 383 g/mol. The van der Waals surface area contributed by atoms with Crippen LogP contribution < -0.4 is 10.5 Å². The van der Waals surface area contributed by atoms with Crippen LogP contribution in [0.3, 0.4) is 0 Å². The van der Waals surface area contributed by atoms with E-state index in [9.17, 15) is 4.39 Å². The molecule has 3 aromatic rings. The fourth-order valence-corrected chi connectivity index (χ4v) is 3.68. The fourth-order valence-electron chi connectivity index (χ4n) is 3.49. The molecule has 1 spiro atoms. The van der Waals surface area contributed by atoms with Gasteiger partial charge < -0.3 is 15.2 Å². The Morgan fingerprint density at radius 3 is 2.78 bits per heavy atom. The summed E-state index contributed by atoms with van der Waals surface area (Å²) in [4.78, 5) is 12.3. The number of hydrogen-bond acceptors (Lipinski definition) is 6. The molecule has 0 aliphatic carbocycles. The first-order chi connectivity index (χ1) is 13.1. The Kier molecular flexibility index (Phi) is 3.35. The molecule has 0 saturated heterocycles. The van der Waals surface area contributed by atoms with Gasteiger partial charge in [-0.3, -0.25) is 4.98 Å². The van der Waals surface area contributed by atoms with Crippen molar-refractivity contribution in [2.75, 3.05) is 6.61 Å². The Morgan fingerprint density at radius 2 is 2.04 bits per heavy atom. The van der Waals surface area contributed by atoms with Crippen LogP contribution in [-0.2, 0) is 10.3 Å². The summed E-state index contributed by atoms with van der Waals surface area (Å²) in [5, 5.41) is 0.00163. The normalized spacial score (nSPS) is 19.7. The predicted molar refractivity (Wildman–Crippen MR) is 97.3 cm³/mol. The Balaban J connectivity index is 1.78. The first-order valence-electron chi connectivity index (χ1n) is 8.14. The summed E-state index contributed by atoms with van der Waals surface area (Å²) in [5.41, 5.74) is 7.73. The van der Waals surface area contributed by atoms with Crippen LogP contribution in [0.1, 0.15) is 11.1 Å². The van der Waals surface area contributed by atoms with Crippen molar-refractivity contribution >= 4 is 17.6 Å². The highest BCUT2D eigenvalue weighted by atomic mass is 35.5. The van der Waals surface area contributed by atoms with Crippen molar-refractivity contribution in [2.45, 2.75) is 5.54 Å². The number of nitrogens with zero attached hydrogens (tertiary/aromatic N) is 3. The first kappa shape index (κ1) is 16.0. The van der Waals surface area contributed by atoms with Gasteiger partial charge in [0.2, 0.25) is 0 Å². The van der Waals surface area contributed by atoms with Gasteiger partial charge in [0.05, 0.1) is 0 Å². The number of nitrogens with two attached hydrogens (primary N) is 1. The Bertz CT molecular complexity index is 1110. The second kappa shape index (κ2) is 5.65. The maximum Gasteiger partial charge on any atom is 0.283 e. The third-order valence-electron chi connectivity index (χ3n) is 4.71. The van der Waals surface area contributed by atoms with Gasteiger partial charge in [-0.25, -0.2) is 9.98 Å². The van der Waals surface area contributed by atoms with Crippen molar-refractivity contribution in [3.63, 3.8) is 0 Å². The third-order valence-corrected chi connectivity index (χ3v) is 4.90. The first-order valence-corrected chi connectivity index (χ1v) is 8.52. The lowest BCUT2D eigenvalue weighted by atomic mass is 9.81. The third kappa shape index (κ3) is 2.35. The van der Waals surface area contributed by atoms with Gasteiger partial charge in [0.25, 0.3) is 12.0 Å². The van der Waals surface area contributed by atoms with Crippen LogP contribution in [-0.4, -0.2) is 22.6 Å². The molecule has 27 heavy (non-hydrogen) atoms. The van der Waals surface area contributed by atoms with Crippen LogP contribution in [0.5, 0.6) is 11.5 Å². The van der Waals surface area contributed by atoms with Crippen LogP contribution in [0.4, 0.5) is 4.39 Å². The van der Waals surface area contributed by atoms with Gasteiger partial charge in [-0.2, -0.15) is 4.39 Å². The average Bonchev–Trinajstić information content (AvgIpc) is 3.06. The van der Waals surface area contributed by atoms with Crippen molar-refractivity contribution in [2.24, 2.45) is 10.7 Å². The number of aliphatic imine (C=N–C) groups is 1. The highest BCUT2D eigenvalue weighted by molar-refractivity contribution is 6.29. The molecule has 2 aromatic heterocycles. The quantitative estimate of drug-likeness (QED) is 0.650. The fraction of sp³-hybridized carbons (Fsp3) is 0.105. The van der Waals surface area contributed by atoms with E-state index in [0.29, 0.717) is 16.9 Å². The minimum Gasteiger partial charge on any atom is -0.462 e. The van der Waals surface area contributed by atoms with Gasteiger partial charge in [0, 0.05) is 29.1 Å². The van der Waals surface area contributed by atoms with E-state index in [4.69, 9.17) is 26.8 Å². The van der Waals surface area contributed by atoms with E-state index in [2.05, 4.69) is 15.0 Å². The maximum atomic E-state index is 14.5. The molecule has 2 aliphatic heterocycles. The van der Waals surface area contributed by atoms with Crippen molar-refractivity contribution in [3.8, 4) is 22.6 Å². The van der Waals surface area contributed by atoms with Crippen LogP contribution >= 0.6 is 11.6 Å². The van der Waals surface area contributed by atoms with Gasteiger partial charge in [0.15, 0.2) is 11.3 Å². The highest BCUT2D eigenvalue weighted by Gasteiger charge is 2.48. The summed E-state index contributed by atoms with van der Waals surface area (Å²) in [6, 6.07) is 10.9. The molecule has 0 amide bonds. The number of fused-ring (bicyclic) bond motifs is 4. The lowest BCUT2D eigenvalue weighted by Crippen LogP contribution is -2.31. The zero-order chi connectivity index (χ0) is 18.6. The lowest BCUT2D eigenvalue weighted by molar-refractivity contribution is 0.261. The van der Waals surface area contributed by atoms with Gasteiger partial charge >= 0.3 is 0 Å². The monoisotopic (exact) mass is 382 g/mol. The molecular weight excluding hydrogens is 371 g/mol. The second-order valence-corrected chi connectivity index (χ2v) is 6.65. The summed E-state index contributed by atoms with van der Waals surface area (Å²) >= 11 is 6.00.